The first-order valence-electron chi connectivity index (χ1n) is 4.46. The molecule has 2 heterocycles. The van der Waals surface area contributed by atoms with Crippen LogP contribution in [0.3, 0.4) is 0 Å². The minimum absolute atomic E-state index is 0.333. The molecular formula is C9H12N4O. The number of nitrogens with zero attached hydrogens (tertiary/aromatic N) is 4. The third kappa shape index (κ3) is 1.30. The lowest BCUT2D eigenvalue weighted by Gasteiger charge is -2.06. The molecular weight excluding hydrogens is 180 g/mol. The van der Waals surface area contributed by atoms with E-state index >= 15 is 0 Å². The second-order valence-electron chi connectivity index (χ2n) is 3.31. The first kappa shape index (κ1) is 8.93. The molecule has 0 saturated heterocycles. The van der Waals surface area contributed by atoms with Gasteiger partial charge in [-0.3, -0.25) is 0 Å². The Morgan fingerprint density at radius 3 is 2.79 bits per heavy atom. The molecule has 2 aromatic rings. The smallest absolute Gasteiger partial charge is 0.318 e. The van der Waals surface area contributed by atoms with E-state index < -0.39 is 0 Å². The maximum absolute atomic E-state index is 4.96. The highest BCUT2D eigenvalue weighted by atomic mass is 16.5. The van der Waals surface area contributed by atoms with Crippen LogP contribution in [-0.4, -0.2) is 26.6 Å². The molecule has 0 saturated carbocycles. The zero-order valence-electron chi connectivity index (χ0n) is 8.43. The minimum atomic E-state index is 0.333. The molecule has 0 radical (unpaired) electrons. The van der Waals surface area contributed by atoms with Gasteiger partial charge in [-0.1, -0.05) is 0 Å². The molecule has 0 spiro atoms. The number of hydrogen-bond acceptors (Lipinski definition) is 4. The molecule has 0 aromatic carbocycles. The van der Waals surface area contributed by atoms with Gasteiger partial charge in [0.25, 0.3) is 0 Å². The van der Waals surface area contributed by atoms with Crippen molar-refractivity contribution >= 4 is 11.2 Å². The topological polar surface area (TPSA) is 52.8 Å². The highest BCUT2D eigenvalue weighted by Crippen LogP contribution is 2.16. The van der Waals surface area contributed by atoms with Crippen molar-refractivity contribution in [2.75, 3.05) is 7.11 Å². The van der Waals surface area contributed by atoms with Gasteiger partial charge in [0.1, 0.15) is 5.52 Å². The molecule has 5 nitrogen and oxygen atoms in total. The molecule has 14 heavy (non-hydrogen) atoms. The van der Waals surface area contributed by atoms with E-state index in [2.05, 4.69) is 28.8 Å². The first-order chi connectivity index (χ1) is 6.72. The van der Waals surface area contributed by atoms with Gasteiger partial charge in [-0.2, -0.15) is 4.98 Å². The van der Waals surface area contributed by atoms with Gasteiger partial charge >= 0.3 is 6.01 Å². The maximum atomic E-state index is 4.96. The Kier molecular flexibility index (Phi) is 2.07. The average Bonchev–Trinajstić information content (AvgIpc) is 2.59. The van der Waals surface area contributed by atoms with E-state index in [0.29, 0.717) is 12.1 Å². The molecule has 2 rings (SSSR count). The van der Waals surface area contributed by atoms with Gasteiger partial charge in [0.05, 0.1) is 19.6 Å². The fourth-order valence-electron chi connectivity index (χ4n) is 1.29. The molecule has 0 atom stereocenters. The molecule has 0 N–H and O–H groups in total. The standard InChI is InChI=1S/C9H12N4O/c1-6(2)13-5-11-7-4-10-9(14-3)12-8(7)13/h4-6H,1-3H3. The van der Waals surface area contributed by atoms with Gasteiger partial charge in [0, 0.05) is 6.04 Å². The van der Waals surface area contributed by atoms with E-state index in [-0.39, 0.29) is 0 Å². The summed E-state index contributed by atoms with van der Waals surface area (Å²) in [5.41, 5.74) is 1.60. The minimum Gasteiger partial charge on any atom is -0.467 e. The molecule has 2 aromatic heterocycles. The molecule has 0 unspecified atom stereocenters. The van der Waals surface area contributed by atoms with Gasteiger partial charge < -0.3 is 9.30 Å². The van der Waals surface area contributed by atoms with Crippen molar-refractivity contribution < 1.29 is 4.74 Å². The summed E-state index contributed by atoms with van der Waals surface area (Å²) < 4.78 is 6.95. The molecule has 0 fully saturated rings. The van der Waals surface area contributed by atoms with Crippen LogP contribution in [0.15, 0.2) is 12.5 Å². The van der Waals surface area contributed by atoms with Gasteiger partial charge in [-0.25, -0.2) is 9.97 Å². The molecule has 0 aliphatic carbocycles. The Balaban J connectivity index is 2.63. The van der Waals surface area contributed by atoms with Gasteiger partial charge in [-0.05, 0) is 13.8 Å². The monoisotopic (exact) mass is 192 g/mol. The van der Waals surface area contributed by atoms with Crippen LogP contribution in [0, 0.1) is 0 Å². The van der Waals surface area contributed by atoms with E-state index in [0.717, 1.165) is 11.2 Å². The number of aromatic nitrogens is 4. The Morgan fingerprint density at radius 1 is 1.36 bits per heavy atom. The van der Waals surface area contributed by atoms with Crippen molar-refractivity contribution in [3.8, 4) is 6.01 Å². The first-order valence-corrected chi connectivity index (χ1v) is 4.46. The predicted molar refractivity (Wildman–Crippen MR) is 52.3 cm³/mol. The van der Waals surface area contributed by atoms with Crippen LogP contribution in [0.2, 0.25) is 0 Å². The van der Waals surface area contributed by atoms with Crippen LogP contribution < -0.4 is 4.74 Å². The SMILES string of the molecule is COc1ncc2ncn(C(C)C)c2n1. The quantitative estimate of drug-likeness (QED) is 0.722. The van der Waals surface area contributed by atoms with E-state index in [1.807, 2.05) is 4.57 Å². The van der Waals surface area contributed by atoms with Crippen molar-refractivity contribution in [1.82, 2.24) is 19.5 Å². The lowest BCUT2D eigenvalue weighted by atomic mass is 10.4. The van der Waals surface area contributed by atoms with Crippen molar-refractivity contribution in [3.05, 3.63) is 12.5 Å². The normalized spacial score (nSPS) is 11.1. The van der Waals surface area contributed by atoms with Gasteiger partial charge in [0.2, 0.25) is 0 Å². The van der Waals surface area contributed by atoms with Crippen LogP contribution in [0.4, 0.5) is 0 Å². The second kappa shape index (κ2) is 3.25. The Hall–Kier alpha value is -1.65. The van der Waals surface area contributed by atoms with Crippen molar-refractivity contribution in [2.24, 2.45) is 0 Å². The van der Waals surface area contributed by atoms with Gasteiger partial charge in [0.15, 0.2) is 5.65 Å². The third-order valence-electron chi connectivity index (χ3n) is 2.03. The van der Waals surface area contributed by atoms with E-state index in [1.165, 1.54) is 0 Å². The zero-order valence-corrected chi connectivity index (χ0v) is 8.43. The Bertz CT molecular complexity index is 449. The van der Waals surface area contributed by atoms with Crippen LogP contribution >= 0.6 is 0 Å². The largest absolute Gasteiger partial charge is 0.467 e. The second-order valence-corrected chi connectivity index (χ2v) is 3.31. The fourth-order valence-corrected chi connectivity index (χ4v) is 1.29. The van der Waals surface area contributed by atoms with E-state index in [4.69, 9.17) is 4.74 Å². The number of methoxy groups -OCH3 is 1. The number of ether oxygens (including phenoxy) is 1. The highest BCUT2D eigenvalue weighted by Gasteiger charge is 2.08. The summed E-state index contributed by atoms with van der Waals surface area (Å²) in [6.45, 7) is 4.16. The van der Waals surface area contributed by atoms with Crippen LogP contribution in [0.1, 0.15) is 19.9 Å². The summed E-state index contributed by atoms with van der Waals surface area (Å²) >= 11 is 0. The summed E-state index contributed by atoms with van der Waals surface area (Å²) in [4.78, 5) is 12.4. The van der Waals surface area contributed by atoms with Crippen LogP contribution in [0.25, 0.3) is 11.2 Å². The summed E-state index contributed by atoms with van der Waals surface area (Å²) in [6, 6.07) is 0.708. The number of rotatable bonds is 2. The molecule has 74 valence electrons. The van der Waals surface area contributed by atoms with Crippen LogP contribution in [0.5, 0.6) is 6.01 Å². The molecule has 0 aliphatic heterocycles. The van der Waals surface area contributed by atoms with Crippen molar-refractivity contribution in [1.29, 1.82) is 0 Å². The summed E-state index contributed by atoms with van der Waals surface area (Å²) in [6.07, 6.45) is 3.43. The third-order valence-corrected chi connectivity index (χ3v) is 2.03. The van der Waals surface area contributed by atoms with E-state index in [9.17, 15) is 0 Å². The molecule has 0 aliphatic rings. The van der Waals surface area contributed by atoms with Crippen molar-refractivity contribution in [2.45, 2.75) is 19.9 Å². The number of hydrogen-bond donors (Lipinski definition) is 0. The lowest BCUT2D eigenvalue weighted by molar-refractivity contribution is 0.381. The van der Waals surface area contributed by atoms with Crippen LogP contribution in [-0.2, 0) is 0 Å². The molecule has 5 heteroatoms. The van der Waals surface area contributed by atoms with E-state index in [1.54, 1.807) is 19.6 Å². The molecule has 0 amide bonds. The van der Waals surface area contributed by atoms with Crippen molar-refractivity contribution in [3.63, 3.8) is 0 Å². The summed E-state index contributed by atoms with van der Waals surface area (Å²) in [5, 5.41) is 0. The molecule has 0 bridgehead atoms. The van der Waals surface area contributed by atoms with Gasteiger partial charge in [-0.15, -0.1) is 0 Å². The maximum Gasteiger partial charge on any atom is 0.318 e. The zero-order chi connectivity index (χ0) is 10.1. The lowest BCUT2D eigenvalue weighted by Crippen LogP contribution is -2.01. The summed E-state index contributed by atoms with van der Waals surface area (Å²) in [5.74, 6) is 0. The number of fused-ring (bicyclic) bond motifs is 1. The fraction of sp³-hybridized carbons (Fsp3) is 0.444. The Morgan fingerprint density at radius 2 is 2.14 bits per heavy atom. The highest BCUT2D eigenvalue weighted by molar-refractivity contribution is 5.69. The summed E-state index contributed by atoms with van der Waals surface area (Å²) in [7, 11) is 1.55. The number of imidazole rings is 1. The Labute approximate surface area is 81.8 Å². The predicted octanol–water partition coefficient (Wildman–Crippen LogP) is 1.42. The average molecular weight is 192 g/mol.